The van der Waals surface area contributed by atoms with Crippen LogP contribution < -0.4 is 14.0 Å². The predicted molar refractivity (Wildman–Crippen MR) is 175 cm³/mol. The highest BCUT2D eigenvalue weighted by Crippen LogP contribution is 2.55. The number of para-hydroxylation sites is 1. The second kappa shape index (κ2) is 8.14. The van der Waals surface area contributed by atoms with Gasteiger partial charge in [0.25, 0.3) is 5.82 Å². The molecule has 5 aromatic heterocycles. The van der Waals surface area contributed by atoms with Crippen molar-refractivity contribution in [2.24, 2.45) is 0 Å². The minimum Gasteiger partial charge on any atom is -0.456 e. The van der Waals surface area contributed by atoms with E-state index in [9.17, 15) is 0 Å². The third-order valence-corrected chi connectivity index (χ3v) is 10.2. The Hall–Kier alpha value is -6.08. The molecule has 3 aliphatic heterocycles. The van der Waals surface area contributed by atoms with E-state index in [-0.39, 0.29) is 0 Å². The number of pyridine rings is 3. The number of ether oxygens (including phenoxy) is 1. The van der Waals surface area contributed by atoms with Crippen molar-refractivity contribution in [2.75, 3.05) is 0 Å². The predicted octanol–water partition coefficient (Wildman–Crippen LogP) is 6.92. The lowest BCUT2D eigenvalue weighted by atomic mass is 9.84. The highest BCUT2D eigenvalue weighted by atomic mass is 16.5. The van der Waals surface area contributed by atoms with E-state index in [1.807, 2.05) is 30.6 Å². The standard InChI is InChI=1S/C39H26N6O/c1-23-35(29-18-16-25(22-41-29)28-11-5-7-20-40-28)24(2)45-39-36-31(44(23)45)13-9-14-32(36)46-33-19-17-27-26-10-3-4-12-30(26)43(38(27)37(33)39)34-15-6-8-21-42(34)39/h3-22H,1-2H3/q+2. The van der Waals surface area contributed by atoms with Gasteiger partial charge in [-0.2, -0.15) is 9.13 Å². The summed E-state index contributed by atoms with van der Waals surface area (Å²) in [7, 11) is 0. The van der Waals surface area contributed by atoms with E-state index >= 15 is 0 Å². The maximum Gasteiger partial charge on any atom is 0.397 e. The molecule has 0 radical (unpaired) electrons. The maximum absolute atomic E-state index is 6.82. The van der Waals surface area contributed by atoms with Crippen molar-refractivity contribution in [3.8, 4) is 45.5 Å². The van der Waals surface area contributed by atoms with Crippen LogP contribution in [0.5, 0.6) is 11.5 Å². The first kappa shape index (κ1) is 24.3. The van der Waals surface area contributed by atoms with Crippen molar-refractivity contribution in [1.29, 1.82) is 0 Å². The van der Waals surface area contributed by atoms with Crippen LogP contribution >= 0.6 is 0 Å². The highest BCUT2D eigenvalue weighted by Gasteiger charge is 2.69. The molecule has 216 valence electrons. The lowest BCUT2D eigenvalue weighted by Crippen LogP contribution is -2.77. The van der Waals surface area contributed by atoms with Gasteiger partial charge in [0.2, 0.25) is 5.69 Å². The number of nitrogens with zero attached hydrogens (tertiary/aromatic N) is 6. The molecular weight excluding hydrogens is 568 g/mol. The minimum atomic E-state index is -0.721. The van der Waals surface area contributed by atoms with Crippen molar-refractivity contribution < 1.29 is 14.0 Å². The van der Waals surface area contributed by atoms with Crippen molar-refractivity contribution in [3.63, 3.8) is 0 Å². The second-order valence-electron chi connectivity index (χ2n) is 12.4. The van der Waals surface area contributed by atoms with Crippen LogP contribution in [0.15, 0.2) is 122 Å². The molecule has 0 saturated heterocycles. The SMILES string of the molecule is Cc1c(-c2ccc(-c3ccccn3)cn2)c(C)[n+]2n1-c1cccc3c1C21c2c(ccc4c5ccccc5n(c24)-c2cccc[n+]21)O3. The second-order valence-corrected chi connectivity index (χ2v) is 12.4. The third kappa shape index (κ3) is 2.60. The van der Waals surface area contributed by atoms with Gasteiger partial charge in [-0.15, -0.1) is 4.68 Å². The normalized spacial score (nSPS) is 16.3. The van der Waals surface area contributed by atoms with Crippen LogP contribution in [-0.4, -0.2) is 19.2 Å². The number of hydrogen-bond acceptors (Lipinski definition) is 3. The molecule has 11 rings (SSSR count). The van der Waals surface area contributed by atoms with Crippen molar-refractivity contribution in [2.45, 2.75) is 19.5 Å². The molecule has 3 aromatic carbocycles. The quantitative estimate of drug-likeness (QED) is 0.204. The fourth-order valence-corrected chi connectivity index (χ4v) is 8.57. The van der Waals surface area contributed by atoms with E-state index < -0.39 is 5.66 Å². The summed E-state index contributed by atoms with van der Waals surface area (Å²) in [5, 5.41) is 2.45. The molecule has 0 saturated carbocycles. The van der Waals surface area contributed by atoms with Gasteiger partial charge in [-0.05, 0) is 73.7 Å². The summed E-state index contributed by atoms with van der Waals surface area (Å²) in [6.45, 7) is 4.44. The van der Waals surface area contributed by atoms with Gasteiger partial charge in [0, 0.05) is 41.7 Å². The smallest absolute Gasteiger partial charge is 0.397 e. The summed E-state index contributed by atoms with van der Waals surface area (Å²) in [6.07, 6.45) is 5.98. The zero-order chi connectivity index (χ0) is 30.3. The first-order valence-corrected chi connectivity index (χ1v) is 15.6. The molecule has 7 heteroatoms. The molecule has 7 nitrogen and oxygen atoms in total. The average molecular weight is 595 g/mol. The van der Waals surface area contributed by atoms with Gasteiger partial charge in [0.05, 0.1) is 28.8 Å². The minimum absolute atomic E-state index is 0.721. The Balaban J connectivity index is 1.29. The molecule has 8 heterocycles. The molecule has 0 bridgehead atoms. The van der Waals surface area contributed by atoms with E-state index in [1.165, 1.54) is 21.8 Å². The Bertz CT molecular complexity index is 2630. The van der Waals surface area contributed by atoms with Crippen LogP contribution in [0.3, 0.4) is 0 Å². The first-order chi connectivity index (χ1) is 22.7. The molecule has 46 heavy (non-hydrogen) atoms. The van der Waals surface area contributed by atoms with Crippen LogP contribution in [0.25, 0.3) is 55.8 Å². The topological polar surface area (TPSA) is 52.6 Å². The molecule has 1 atom stereocenters. The Labute approximate surface area is 263 Å². The van der Waals surface area contributed by atoms with Gasteiger partial charge in [-0.25, -0.2) is 0 Å². The molecule has 8 aromatic rings. The van der Waals surface area contributed by atoms with E-state index in [1.54, 1.807) is 0 Å². The number of rotatable bonds is 2. The summed E-state index contributed by atoms with van der Waals surface area (Å²) in [4.78, 5) is 9.56. The first-order valence-electron chi connectivity index (χ1n) is 15.6. The van der Waals surface area contributed by atoms with Crippen LogP contribution in [0.2, 0.25) is 0 Å². The molecule has 0 fully saturated rings. The molecule has 1 spiro atoms. The number of hydrogen-bond donors (Lipinski definition) is 0. The van der Waals surface area contributed by atoms with Crippen LogP contribution in [0, 0.1) is 13.8 Å². The summed E-state index contributed by atoms with van der Waals surface area (Å²) in [5.41, 5.74) is 11.3. The van der Waals surface area contributed by atoms with E-state index in [2.05, 4.69) is 128 Å². The summed E-state index contributed by atoms with van der Waals surface area (Å²) >= 11 is 0. The van der Waals surface area contributed by atoms with Crippen molar-refractivity contribution in [3.05, 3.63) is 144 Å². The summed E-state index contributed by atoms with van der Waals surface area (Å²) in [5.74, 6) is 2.87. The zero-order valence-electron chi connectivity index (χ0n) is 25.1. The van der Waals surface area contributed by atoms with Gasteiger partial charge in [-0.1, -0.05) is 35.0 Å². The monoisotopic (exact) mass is 594 g/mol. The Morgan fingerprint density at radius 2 is 1.59 bits per heavy atom. The molecule has 1 unspecified atom stereocenters. The maximum atomic E-state index is 6.82. The van der Waals surface area contributed by atoms with Gasteiger partial charge >= 0.3 is 5.66 Å². The molecular formula is C39H26N6O+2. The molecule has 0 aliphatic carbocycles. The van der Waals surface area contributed by atoms with Crippen LogP contribution in [-0.2, 0) is 5.66 Å². The zero-order valence-corrected chi connectivity index (χ0v) is 25.1. The third-order valence-electron chi connectivity index (χ3n) is 10.2. The lowest BCUT2D eigenvalue weighted by Gasteiger charge is -2.33. The highest BCUT2D eigenvalue weighted by molar-refractivity contribution is 6.11. The van der Waals surface area contributed by atoms with Crippen LogP contribution in [0.4, 0.5) is 0 Å². The number of fused-ring (bicyclic) bond motifs is 7. The number of aromatic nitrogens is 6. The van der Waals surface area contributed by atoms with Gasteiger partial charge in [0.1, 0.15) is 28.3 Å². The van der Waals surface area contributed by atoms with Gasteiger partial charge in [0.15, 0.2) is 11.1 Å². The Morgan fingerprint density at radius 3 is 2.46 bits per heavy atom. The Kier molecular flexibility index (Phi) is 4.29. The fraction of sp³-hybridized carbons (Fsp3) is 0.0769. The van der Waals surface area contributed by atoms with Crippen molar-refractivity contribution in [1.82, 2.24) is 19.2 Å². The fourth-order valence-electron chi connectivity index (χ4n) is 8.57. The largest absolute Gasteiger partial charge is 0.456 e. The average Bonchev–Trinajstić information content (AvgIpc) is 3.70. The van der Waals surface area contributed by atoms with Crippen LogP contribution in [0.1, 0.15) is 22.5 Å². The lowest BCUT2D eigenvalue weighted by molar-refractivity contribution is -0.995. The number of benzene rings is 3. The van der Waals surface area contributed by atoms with Crippen molar-refractivity contribution >= 4 is 21.8 Å². The molecule has 0 amide bonds. The van der Waals surface area contributed by atoms with E-state index in [4.69, 9.17) is 9.72 Å². The van der Waals surface area contributed by atoms with E-state index in [0.717, 1.165) is 68.0 Å². The molecule has 0 N–H and O–H groups in total. The summed E-state index contributed by atoms with van der Waals surface area (Å²) in [6, 6.07) is 36.2. The van der Waals surface area contributed by atoms with E-state index in [0.29, 0.717) is 0 Å². The summed E-state index contributed by atoms with van der Waals surface area (Å²) < 4.78 is 16.6. The van der Waals surface area contributed by atoms with Gasteiger partial charge in [-0.3, -0.25) is 9.97 Å². The Morgan fingerprint density at radius 1 is 0.717 bits per heavy atom. The molecule has 3 aliphatic rings. The van der Waals surface area contributed by atoms with Gasteiger partial charge < -0.3 is 4.74 Å².